The normalized spacial score (nSPS) is 11.3. The van der Waals surface area contributed by atoms with Crippen molar-refractivity contribution in [2.45, 2.75) is 0 Å². The van der Waals surface area contributed by atoms with Crippen molar-refractivity contribution < 1.29 is 13.9 Å². The Bertz CT molecular complexity index is 1500. The Morgan fingerprint density at radius 3 is 2.70 bits per heavy atom. The number of anilines is 1. The average molecular weight is 402 g/mol. The van der Waals surface area contributed by atoms with Crippen LogP contribution in [0, 0.1) is 5.82 Å². The summed E-state index contributed by atoms with van der Waals surface area (Å²) in [6.45, 7) is 0. The van der Waals surface area contributed by atoms with Crippen molar-refractivity contribution in [2.24, 2.45) is 0 Å². The van der Waals surface area contributed by atoms with Crippen LogP contribution in [0.4, 0.5) is 10.1 Å². The van der Waals surface area contributed by atoms with E-state index in [0.29, 0.717) is 44.3 Å². The van der Waals surface area contributed by atoms with Gasteiger partial charge in [-0.25, -0.2) is 8.91 Å². The number of amides is 1. The first kappa shape index (κ1) is 17.9. The van der Waals surface area contributed by atoms with E-state index in [9.17, 15) is 14.0 Å². The van der Waals surface area contributed by atoms with Crippen LogP contribution in [0.2, 0.25) is 0 Å². The Morgan fingerprint density at radius 1 is 1.13 bits per heavy atom. The van der Waals surface area contributed by atoms with E-state index in [-0.39, 0.29) is 11.5 Å². The number of benzene rings is 2. The topological polar surface area (TPSA) is 88.5 Å². The van der Waals surface area contributed by atoms with Crippen LogP contribution < -0.4 is 15.6 Å². The fraction of sp³-hybridized carbons (Fsp3) is 0.0455. The Morgan fingerprint density at radius 2 is 1.93 bits per heavy atom. The standard InChI is InChI=1S/C22H15FN4O3/c1-30-15-5-2-12(3-6-15)21(28)24-14-8-9-27-18(11-14)19-20(26-27)16-7-4-13(23)10-17(16)25-22(19)29/h2-11H,1H3,(H,24,28)(H,25,29). The summed E-state index contributed by atoms with van der Waals surface area (Å²) in [5, 5.41) is 8.31. The molecule has 30 heavy (non-hydrogen) atoms. The molecule has 0 radical (unpaired) electrons. The Labute approximate surface area is 168 Å². The maximum absolute atomic E-state index is 13.5. The molecular weight excluding hydrogens is 387 g/mol. The molecule has 8 heteroatoms. The summed E-state index contributed by atoms with van der Waals surface area (Å²) < 4.78 is 20.2. The first-order valence-electron chi connectivity index (χ1n) is 9.12. The summed E-state index contributed by atoms with van der Waals surface area (Å²) in [6.07, 6.45) is 1.66. The maximum atomic E-state index is 13.5. The predicted octanol–water partition coefficient (Wildman–Crippen LogP) is 3.73. The van der Waals surface area contributed by atoms with E-state index in [1.807, 2.05) is 0 Å². The zero-order valence-electron chi connectivity index (χ0n) is 15.8. The molecule has 0 saturated carbocycles. The minimum atomic E-state index is -0.440. The highest BCUT2D eigenvalue weighted by Crippen LogP contribution is 2.25. The molecular formula is C22H15FN4O3. The van der Waals surface area contributed by atoms with Gasteiger partial charge < -0.3 is 15.0 Å². The van der Waals surface area contributed by atoms with Gasteiger partial charge in [-0.15, -0.1) is 0 Å². The quantitative estimate of drug-likeness (QED) is 0.481. The van der Waals surface area contributed by atoms with E-state index in [1.165, 1.54) is 12.1 Å². The van der Waals surface area contributed by atoms with E-state index < -0.39 is 5.82 Å². The van der Waals surface area contributed by atoms with Gasteiger partial charge in [-0.3, -0.25) is 9.59 Å². The molecule has 0 unspecified atom stereocenters. The van der Waals surface area contributed by atoms with Gasteiger partial charge in [0.15, 0.2) is 0 Å². The van der Waals surface area contributed by atoms with Crippen LogP contribution in [0.15, 0.2) is 65.6 Å². The molecule has 7 nitrogen and oxygen atoms in total. The first-order valence-corrected chi connectivity index (χ1v) is 9.12. The van der Waals surface area contributed by atoms with Crippen LogP contribution in [0.5, 0.6) is 5.75 Å². The molecule has 2 N–H and O–H groups in total. The number of nitrogens with zero attached hydrogens (tertiary/aromatic N) is 2. The van der Waals surface area contributed by atoms with Crippen molar-refractivity contribution in [3.63, 3.8) is 0 Å². The van der Waals surface area contributed by atoms with Crippen molar-refractivity contribution in [3.8, 4) is 5.75 Å². The summed E-state index contributed by atoms with van der Waals surface area (Å²) in [5.41, 5.74) is 1.99. The predicted molar refractivity (Wildman–Crippen MR) is 112 cm³/mol. The van der Waals surface area contributed by atoms with Gasteiger partial charge in [0.25, 0.3) is 11.5 Å². The summed E-state index contributed by atoms with van der Waals surface area (Å²) in [7, 11) is 1.56. The fourth-order valence-electron chi connectivity index (χ4n) is 3.49. The van der Waals surface area contributed by atoms with Gasteiger partial charge in [-0.1, -0.05) is 0 Å². The van der Waals surface area contributed by atoms with Gasteiger partial charge in [-0.05, 0) is 54.6 Å². The minimum absolute atomic E-state index is 0.291. The van der Waals surface area contributed by atoms with Crippen LogP contribution in [-0.2, 0) is 0 Å². The number of hydrogen-bond acceptors (Lipinski definition) is 4. The highest BCUT2D eigenvalue weighted by atomic mass is 19.1. The van der Waals surface area contributed by atoms with Crippen LogP contribution in [-0.4, -0.2) is 27.6 Å². The molecule has 0 fully saturated rings. The number of methoxy groups -OCH3 is 1. The van der Waals surface area contributed by atoms with E-state index >= 15 is 0 Å². The number of carbonyl (C=O) groups is 1. The van der Waals surface area contributed by atoms with Crippen molar-refractivity contribution in [1.82, 2.24) is 14.6 Å². The molecule has 0 atom stereocenters. The lowest BCUT2D eigenvalue weighted by molar-refractivity contribution is 0.102. The van der Waals surface area contributed by atoms with Gasteiger partial charge in [0.2, 0.25) is 0 Å². The number of rotatable bonds is 3. The summed E-state index contributed by atoms with van der Waals surface area (Å²) in [5.74, 6) is -0.0736. The number of carbonyl (C=O) groups excluding carboxylic acids is 1. The number of aromatic nitrogens is 3. The Kier molecular flexibility index (Phi) is 3.99. The number of halogens is 1. The van der Waals surface area contributed by atoms with E-state index in [0.717, 1.165) is 0 Å². The van der Waals surface area contributed by atoms with Gasteiger partial charge in [0.1, 0.15) is 17.1 Å². The number of nitrogens with one attached hydrogen (secondary N) is 2. The number of ether oxygens (including phenoxy) is 1. The third-order valence-corrected chi connectivity index (χ3v) is 4.96. The van der Waals surface area contributed by atoms with Crippen molar-refractivity contribution in [1.29, 1.82) is 0 Å². The lowest BCUT2D eigenvalue weighted by Crippen LogP contribution is -2.12. The number of H-pyrrole nitrogens is 1. The molecule has 148 valence electrons. The fourth-order valence-corrected chi connectivity index (χ4v) is 3.49. The Balaban J connectivity index is 1.59. The minimum Gasteiger partial charge on any atom is -0.497 e. The zero-order valence-corrected chi connectivity index (χ0v) is 15.8. The van der Waals surface area contributed by atoms with E-state index in [1.54, 1.807) is 60.3 Å². The van der Waals surface area contributed by atoms with Crippen LogP contribution >= 0.6 is 0 Å². The lowest BCUT2D eigenvalue weighted by atomic mass is 10.1. The molecule has 0 bridgehead atoms. The van der Waals surface area contributed by atoms with E-state index in [4.69, 9.17) is 4.74 Å². The highest BCUT2D eigenvalue weighted by Gasteiger charge is 2.15. The number of hydrogen-bond donors (Lipinski definition) is 2. The summed E-state index contributed by atoms with van der Waals surface area (Å²) in [6, 6.07) is 14.3. The van der Waals surface area contributed by atoms with Crippen LogP contribution in [0.25, 0.3) is 27.3 Å². The third-order valence-electron chi connectivity index (χ3n) is 4.96. The van der Waals surface area contributed by atoms with Crippen molar-refractivity contribution in [3.05, 3.63) is 82.5 Å². The SMILES string of the molecule is COc1ccc(C(=O)Nc2ccn3nc4c5ccc(F)cc5[nH]c(=O)c4c3c2)cc1. The van der Waals surface area contributed by atoms with Gasteiger partial charge in [0, 0.05) is 22.8 Å². The second-order valence-corrected chi connectivity index (χ2v) is 6.80. The smallest absolute Gasteiger partial charge is 0.260 e. The monoisotopic (exact) mass is 402 g/mol. The molecule has 0 spiro atoms. The van der Waals surface area contributed by atoms with Crippen molar-refractivity contribution in [2.75, 3.05) is 12.4 Å². The third kappa shape index (κ3) is 2.86. The van der Waals surface area contributed by atoms with Gasteiger partial charge in [0.05, 0.1) is 23.5 Å². The molecule has 0 aliphatic rings. The largest absolute Gasteiger partial charge is 0.497 e. The molecule has 1 amide bonds. The van der Waals surface area contributed by atoms with Crippen LogP contribution in [0.1, 0.15) is 10.4 Å². The maximum Gasteiger partial charge on any atom is 0.260 e. The molecule has 3 aromatic heterocycles. The molecule has 0 aliphatic heterocycles. The first-order chi connectivity index (χ1) is 14.5. The molecule has 3 heterocycles. The van der Waals surface area contributed by atoms with Gasteiger partial charge in [-0.2, -0.15) is 5.10 Å². The van der Waals surface area contributed by atoms with Crippen molar-refractivity contribution >= 4 is 38.9 Å². The number of pyridine rings is 2. The number of aromatic amines is 1. The molecule has 5 rings (SSSR count). The zero-order chi connectivity index (χ0) is 20.8. The van der Waals surface area contributed by atoms with Crippen LogP contribution in [0.3, 0.4) is 0 Å². The van der Waals surface area contributed by atoms with Gasteiger partial charge >= 0.3 is 0 Å². The molecule has 5 aromatic rings. The molecule has 2 aromatic carbocycles. The molecule has 0 aliphatic carbocycles. The second-order valence-electron chi connectivity index (χ2n) is 6.80. The average Bonchev–Trinajstić information content (AvgIpc) is 3.13. The Hall–Kier alpha value is -4.20. The lowest BCUT2D eigenvalue weighted by Gasteiger charge is -2.06. The van der Waals surface area contributed by atoms with E-state index in [2.05, 4.69) is 15.4 Å². The number of fused-ring (bicyclic) bond motifs is 5. The molecule has 0 saturated heterocycles. The summed E-state index contributed by atoms with van der Waals surface area (Å²) in [4.78, 5) is 27.9. The highest BCUT2D eigenvalue weighted by molar-refractivity contribution is 6.10. The second kappa shape index (κ2) is 6.70. The summed E-state index contributed by atoms with van der Waals surface area (Å²) >= 11 is 0.